The number of carbonyl (C=O) groups is 2. The Balaban J connectivity index is 1.64. The van der Waals surface area contributed by atoms with Gasteiger partial charge in [-0.3, -0.25) is 9.59 Å². The molecule has 0 bridgehead atoms. The summed E-state index contributed by atoms with van der Waals surface area (Å²) in [5, 5.41) is 2.88. The quantitative estimate of drug-likeness (QED) is 0.626. The van der Waals surface area contributed by atoms with Gasteiger partial charge in [-0.25, -0.2) is 0 Å². The summed E-state index contributed by atoms with van der Waals surface area (Å²) in [6.07, 6.45) is 7.32. The van der Waals surface area contributed by atoms with Crippen molar-refractivity contribution in [1.29, 1.82) is 0 Å². The summed E-state index contributed by atoms with van der Waals surface area (Å²) in [7, 11) is 0. The van der Waals surface area contributed by atoms with E-state index in [2.05, 4.69) is 36.7 Å². The van der Waals surface area contributed by atoms with Crippen LogP contribution in [0.15, 0.2) is 34.9 Å². The number of carbonyl (C=O) groups excluding carboxylic acids is 2. The summed E-state index contributed by atoms with van der Waals surface area (Å²) in [6, 6.07) is 7.63. The van der Waals surface area contributed by atoms with E-state index in [1.54, 1.807) is 6.07 Å². The van der Waals surface area contributed by atoms with Crippen LogP contribution in [0.3, 0.4) is 0 Å². The third kappa shape index (κ3) is 5.77. The first-order chi connectivity index (χ1) is 14.5. The molecule has 0 saturated heterocycles. The molecule has 6 heteroatoms. The number of furan rings is 1. The van der Waals surface area contributed by atoms with Crippen molar-refractivity contribution in [3.63, 3.8) is 0 Å². The van der Waals surface area contributed by atoms with Gasteiger partial charge in [-0.1, -0.05) is 33.6 Å². The van der Waals surface area contributed by atoms with Crippen molar-refractivity contribution in [1.82, 2.24) is 14.8 Å². The zero-order valence-electron chi connectivity index (χ0n) is 18.5. The first kappa shape index (κ1) is 22.2. The van der Waals surface area contributed by atoms with Crippen LogP contribution in [0.4, 0.5) is 0 Å². The van der Waals surface area contributed by atoms with Gasteiger partial charge in [0.1, 0.15) is 5.76 Å². The minimum Gasteiger partial charge on any atom is -0.454 e. The van der Waals surface area contributed by atoms with Crippen molar-refractivity contribution < 1.29 is 14.0 Å². The van der Waals surface area contributed by atoms with Crippen LogP contribution in [-0.2, 0) is 17.9 Å². The Kier molecular flexibility index (Phi) is 7.77. The second-order valence-electron chi connectivity index (χ2n) is 8.74. The first-order valence-corrected chi connectivity index (χ1v) is 11.3. The summed E-state index contributed by atoms with van der Waals surface area (Å²) in [5.41, 5.74) is 1.08. The van der Waals surface area contributed by atoms with Gasteiger partial charge in [0.15, 0.2) is 5.76 Å². The van der Waals surface area contributed by atoms with E-state index < -0.39 is 0 Å². The molecule has 1 aliphatic rings. The molecule has 0 unspecified atom stereocenters. The molecule has 3 rings (SSSR count). The van der Waals surface area contributed by atoms with Gasteiger partial charge >= 0.3 is 0 Å². The second-order valence-corrected chi connectivity index (χ2v) is 8.74. The van der Waals surface area contributed by atoms with Crippen molar-refractivity contribution >= 4 is 11.8 Å². The van der Waals surface area contributed by atoms with Crippen molar-refractivity contribution in [2.24, 2.45) is 11.8 Å². The van der Waals surface area contributed by atoms with E-state index in [4.69, 9.17) is 4.42 Å². The van der Waals surface area contributed by atoms with Crippen LogP contribution in [0.2, 0.25) is 0 Å². The number of nitrogens with zero attached hydrogens (tertiary/aromatic N) is 2. The van der Waals surface area contributed by atoms with E-state index in [1.165, 1.54) is 12.8 Å². The molecule has 2 aromatic heterocycles. The van der Waals surface area contributed by atoms with Gasteiger partial charge in [0.2, 0.25) is 5.91 Å². The predicted molar refractivity (Wildman–Crippen MR) is 117 cm³/mol. The van der Waals surface area contributed by atoms with Gasteiger partial charge in [-0.15, -0.1) is 0 Å². The minimum absolute atomic E-state index is 0.182. The lowest BCUT2D eigenvalue weighted by atomic mass is 10.1. The lowest BCUT2D eigenvalue weighted by molar-refractivity contribution is -0.136. The molecular formula is C24H35N3O3. The highest BCUT2D eigenvalue weighted by Gasteiger charge is 2.27. The van der Waals surface area contributed by atoms with Crippen molar-refractivity contribution in [2.75, 3.05) is 13.1 Å². The number of rotatable bonds is 10. The summed E-state index contributed by atoms with van der Waals surface area (Å²) in [6.45, 7) is 8.78. The van der Waals surface area contributed by atoms with Gasteiger partial charge < -0.3 is 19.2 Å². The second kappa shape index (κ2) is 10.5. The molecule has 0 aromatic carbocycles. The summed E-state index contributed by atoms with van der Waals surface area (Å²) in [4.78, 5) is 27.2. The third-order valence-corrected chi connectivity index (χ3v) is 5.67. The molecule has 1 saturated carbocycles. The molecule has 1 fully saturated rings. The smallest absolute Gasteiger partial charge is 0.287 e. The maximum atomic E-state index is 13.0. The van der Waals surface area contributed by atoms with Crippen LogP contribution in [0.1, 0.15) is 74.9 Å². The van der Waals surface area contributed by atoms with E-state index in [1.807, 2.05) is 23.2 Å². The molecule has 1 aliphatic carbocycles. The number of hydrogen-bond donors (Lipinski definition) is 1. The number of aromatic nitrogens is 1. The topological polar surface area (TPSA) is 67.5 Å². The summed E-state index contributed by atoms with van der Waals surface area (Å²) in [5.74, 6) is 1.76. The highest BCUT2D eigenvalue weighted by Crippen LogP contribution is 2.27. The highest BCUT2D eigenvalue weighted by molar-refractivity contribution is 5.91. The molecular weight excluding hydrogens is 378 g/mol. The molecule has 30 heavy (non-hydrogen) atoms. The molecule has 2 aromatic rings. The van der Waals surface area contributed by atoms with E-state index in [0.29, 0.717) is 37.2 Å². The van der Waals surface area contributed by atoms with E-state index in [-0.39, 0.29) is 11.8 Å². The van der Waals surface area contributed by atoms with E-state index in [0.717, 1.165) is 37.3 Å². The Morgan fingerprint density at radius 2 is 2.00 bits per heavy atom. The Bertz CT molecular complexity index is 830. The largest absolute Gasteiger partial charge is 0.454 e. The highest BCUT2D eigenvalue weighted by atomic mass is 16.4. The number of hydrogen-bond acceptors (Lipinski definition) is 3. The molecule has 0 atom stereocenters. The first-order valence-electron chi connectivity index (χ1n) is 11.3. The monoisotopic (exact) mass is 413 g/mol. The Labute approximate surface area is 179 Å². The molecule has 0 radical (unpaired) electrons. The Hall–Kier alpha value is -2.50. The summed E-state index contributed by atoms with van der Waals surface area (Å²) < 4.78 is 7.87. The zero-order chi connectivity index (χ0) is 21.5. The maximum absolute atomic E-state index is 13.0. The van der Waals surface area contributed by atoms with Gasteiger partial charge in [0, 0.05) is 30.9 Å². The maximum Gasteiger partial charge on any atom is 0.287 e. The number of amides is 2. The lowest BCUT2D eigenvalue weighted by Crippen LogP contribution is -2.36. The van der Waals surface area contributed by atoms with Crippen LogP contribution in [0, 0.1) is 11.8 Å². The average Bonchev–Trinajstić information content (AvgIpc) is 3.48. The van der Waals surface area contributed by atoms with E-state index >= 15 is 0 Å². The lowest BCUT2D eigenvalue weighted by Gasteiger charge is -2.26. The standard InChI is InChI=1S/C24H35N3O3/c1-4-13-27(24(29)19-8-5-6-9-19)16-20-10-7-14-26(20)17-21-11-12-22(30-21)23(28)25-15-18(2)3/h7,10-12,14,18-19H,4-6,8-9,13,15-17H2,1-3H3,(H,25,28). The Morgan fingerprint density at radius 1 is 1.23 bits per heavy atom. The predicted octanol–water partition coefficient (Wildman–Crippen LogP) is 4.44. The average molecular weight is 414 g/mol. The van der Waals surface area contributed by atoms with Crippen LogP contribution < -0.4 is 5.32 Å². The Morgan fingerprint density at radius 3 is 2.70 bits per heavy atom. The molecule has 1 N–H and O–H groups in total. The van der Waals surface area contributed by atoms with Gasteiger partial charge in [0.25, 0.3) is 5.91 Å². The SMILES string of the molecule is CCCN(Cc1cccn1Cc1ccc(C(=O)NCC(C)C)o1)C(=O)C1CCCC1. The van der Waals surface area contributed by atoms with Crippen molar-refractivity contribution in [3.05, 3.63) is 47.7 Å². The molecule has 2 amide bonds. The fourth-order valence-electron chi connectivity index (χ4n) is 4.05. The van der Waals surface area contributed by atoms with Crippen LogP contribution >= 0.6 is 0 Å². The van der Waals surface area contributed by atoms with E-state index in [9.17, 15) is 9.59 Å². The van der Waals surface area contributed by atoms with Crippen LogP contribution in [0.5, 0.6) is 0 Å². The van der Waals surface area contributed by atoms with Crippen molar-refractivity contribution in [3.8, 4) is 0 Å². The van der Waals surface area contributed by atoms with Crippen molar-refractivity contribution in [2.45, 2.75) is 66.0 Å². The molecule has 164 valence electrons. The third-order valence-electron chi connectivity index (χ3n) is 5.67. The van der Waals surface area contributed by atoms with Gasteiger partial charge in [0.05, 0.1) is 13.1 Å². The fraction of sp³-hybridized carbons (Fsp3) is 0.583. The minimum atomic E-state index is -0.182. The summed E-state index contributed by atoms with van der Waals surface area (Å²) >= 11 is 0. The van der Waals surface area contributed by atoms with Crippen LogP contribution in [-0.4, -0.2) is 34.4 Å². The molecule has 0 spiro atoms. The zero-order valence-corrected chi connectivity index (χ0v) is 18.5. The van der Waals surface area contributed by atoms with Crippen LogP contribution in [0.25, 0.3) is 0 Å². The number of nitrogens with one attached hydrogen (secondary N) is 1. The van der Waals surface area contributed by atoms with Gasteiger partial charge in [-0.05, 0) is 49.4 Å². The molecule has 0 aliphatic heterocycles. The van der Waals surface area contributed by atoms with Gasteiger partial charge in [-0.2, -0.15) is 0 Å². The molecule has 2 heterocycles. The normalized spacial score (nSPS) is 14.4. The molecule has 6 nitrogen and oxygen atoms in total. The fourth-order valence-corrected chi connectivity index (χ4v) is 4.05.